The third kappa shape index (κ3) is 8.23. The number of carbonyl (C=O) groups is 2. The molecule has 4 aromatic carbocycles. The molecule has 0 saturated heterocycles. The van der Waals surface area contributed by atoms with Gasteiger partial charge in [0.25, 0.3) is 11.8 Å². The number of hydrogen-bond donors (Lipinski definition) is 4. The zero-order valence-corrected chi connectivity index (χ0v) is 30.1. The van der Waals surface area contributed by atoms with E-state index in [1.165, 1.54) is 24.3 Å². The summed E-state index contributed by atoms with van der Waals surface area (Å²) in [4.78, 5) is 25.7. The Bertz CT molecular complexity index is 1920. The van der Waals surface area contributed by atoms with E-state index in [4.69, 9.17) is 4.74 Å². The largest absolute Gasteiger partial charge is 0.508 e. The van der Waals surface area contributed by atoms with Crippen molar-refractivity contribution in [1.29, 1.82) is 0 Å². The molecule has 0 bridgehead atoms. The summed E-state index contributed by atoms with van der Waals surface area (Å²) in [5, 5.41) is 26.2. The maximum absolute atomic E-state index is 15.1. The van der Waals surface area contributed by atoms with Crippen molar-refractivity contribution < 1.29 is 50.9 Å². The highest BCUT2D eigenvalue weighted by molar-refractivity contribution is 6.05. The molecule has 0 aliphatic carbocycles. The molecular weight excluding hydrogens is 702 g/mol. The second-order valence-corrected chi connectivity index (χ2v) is 13.8. The van der Waals surface area contributed by atoms with E-state index in [-0.39, 0.29) is 28.3 Å². The number of benzene rings is 4. The highest BCUT2D eigenvalue weighted by Crippen LogP contribution is 2.57. The van der Waals surface area contributed by atoms with E-state index >= 15 is 26.3 Å². The van der Waals surface area contributed by atoms with E-state index in [2.05, 4.69) is 10.6 Å². The first kappa shape index (κ1) is 40.6. The molecule has 7 nitrogen and oxygen atoms in total. The first-order chi connectivity index (χ1) is 24.6. The molecule has 0 fully saturated rings. The van der Waals surface area contributed by atoms with Crippen LogP contribution in [0, 0.1) is 0 Å². The van der Waals surface area contributed by atoms with Gasteiger partial charge in [-0.15, -0.1) is 0 Å². The molecule has 0 aliphatic rings. The summed E-state index contributed by atoms with van der Waals surface area (Å²) in [5.74, 6) is -1.74. The van der Waals surface area contributed by atoms with Gasteiger partial charge in [0.2, 0.25) is 5.41 Å². The van der Waals surface area contributed by atoms with Gasteiger partial charge >= 0.3 is 12.4 Å². The third-order valence-electron chi connectivity index (χ3n) is 9.97. The summed E-state index contributed by atoms with van der Waals surface area (Å²) in [6.45, 7) is 10.8. The zero-order valence-electron chi connectivity index (χ0n) is 30.1. The average Bonchev–Trinajstić information content (AvgIpc) is 3.09. The van der Waals surface area contributed by atoms with Gasteiger partial charge in [0, 0.05) is 22.2 Å². The standard InChI is InChI=1S/C40H42F6N2O5/c1-7-36(4,5)48-35(52)25-12-18-29(19-13-25)53-28-16-10-24(11-17-28)34(51)47-31-23-27(15-21-33(31)50)38(39(41,42)43,40(44,45)46)26-14-20-32(49)30(22-26)37(6,8-2)9-3/h10-23,49-50H,7-9H2,1-6H3,(H,47,51)(H,48,52). The molecule has 4 N–H and O–H groups in total. The van der Waals surface area contributed by atoms with Crippen LogP contribution >= 0.6 is 0 Å². The Kier molecular flexibility index (Phi) is 11.5. The molecule has 284 valence electrons. The van der Waals surface area contributed by atoms with Crippen molar-refractivity contribution in [2.45, 2.75) is 89.5 Å². The van der Waals surface area contributed by atoms with Crippen molar-refractivity contribution in [3.63, 3.8) is 0 Å². The van der Waals surface area contributed by atoms with E-state index in [0.717, 1.165) is 18.6 Å². The molecule has 4 rings (SSSR count). The molecular formula is C40H42F6N2O5. The van der Waals surface area contributed by atoms with Crippen LogP contribution in [0.15, 0.2) is 84.9 Å². The lowest BCUT2D eigenvalue weighted by molar-refractivity contribution is -0.288. The molecule has 0 unspecified atom stereocenters. The minimum atomic E-state index is -5.96. The van der Waals surface area contributed by atoms with Gasteiger partial charge in [-0.1, -0.05) is 39.8 Å². The minimum Gasteiger partial charge on any atom is -0.508 e. The molecule has 53 heavy (non-hydrogen) atoms. The third-order valence-corrected chi connectivity index (χ3v) is 9.97. The van der Waals surface area contributed by atoms with Crippen molar-refractivity contribution in [2.24, 2.45) is 0 Å². The van der Waals surface area contributed by atoms with E-state index in [1.807, 2.05) is 20.8 Å². The number of carbonyl (C=O) groups excluding carboxylic acids is 2. The van der Waals surface area contributed by atoms with Crippen molar-refractivity contribution in [3.05, 3.63) is 113 Å². The molecule has 0 atom stereocenters. The minimum absolute atomic E-state index is 0.0489. The molecule has 0 saturated carbocycles. The lowest BCUT2D eigenvalue weighted by atomic mass is 9.70. The Morgan fingerprint density at radius 1 is 0.623 bits per heavy atom. The average molecular weight is 745 g/mol. The van der Waals surface area contributed by atoms with Crippen LogP contribution < -0.4 is 15.4 Å². The number of halogens is 6. The van der Waals surface area contributed by atoms with E-state index in [9.17, 15) is 19.8 Å². The van der Waals surface area contributed by atoms with Crippen molar-refractivity contribution in [1.82, 2.24) is 5.32 Å². The van der Waals surface area contributed by atoms with Crippen LogP contribution in [0.5, 0.6) is 23.0 Å². The number of hydrogen-bond acceptors (Lipinski definition) is 5. The van der Waals surface area contributed by atoms with Gasteiger partial charge in [-0.3, -0.25) is 9.59 Å². The van der Waals surface area contributed by atoms with Crippen LogP contribution in [0.2, 0.25) is 0 Å². The summed E-state index contributed by atoms with van der Waals surface area (Å²) in [6, 6.07) is 15.5. The molecule has 13 heteroatoms. The predicted molar refractivity (Wildman–Crippen MR) is 190 cm³/mol. The summed E-state index contributed by atoms with van der Waals surface area (Å²) in [5.41, 5.74) is -8.82. The number of anilines is 1. The highest BCUT2D eigenvalue weighted by atomic mass is 19.4. The number of amides is 2. The number of rotatable bonds is 12. The Morgan fingerprint density at radius 3 is 1.53 bits per heavy atom. The van der Waals surface area contributed by atoms with Crippen LogP contribution in [-0.4, -0.2) is 39.9 Å². The van der Waals surface area contributed by atoms with Crippen molar-refractivity contribution in [3.8, 4) is 23.0 Å². The molecule has 0 radical (unpaired) electrons. The van der Waals surface area contributed by atoms with Gasteiger partial charge in [-0.25, -0.2) is 0 Å². The predicted octanol–water partition coefficient (Wildman–Crippen LogP) is 10.5. The van der Waals surface area contributed by atoms with Crippen LogP contribution in [0.1, 0.15) is 98.2 Å². The number of phenolic OH excluding ortho intramolecular Hbond substituents is 2. The molecule has 4 aromatic rings. The summed E-state index contributed by atoms with van der Waals surface area (Å²) < 4.78 is 96.1. The smallest absolute Gasteiger partial charge is 0.411 e. The van der Waals surface area contributed by atoms with Gasteiger partial charge < -0.3 is 25.6 Å². The fraction of sp³-hybridized carbons (Fsp3) is 0.350. The second kappa shape index (κ2) is 15.0. The monoisotopic (exact) mass is 744 g/mol. The number of nitrogens with one attached hydrogen (secondary N) is 2. The fourth-order valence-corrected chi connectivity index (χ4v) is 5.88. The lowest BCUT2D eigenvalue weighted by Gasteiger charge is -2.39. The summed E-state index contributed by atoms with van der Waals surface area (Å²) in [6.07, 6.45) is -10.5. The Hall–Kier alpha value is -5.20. The quantitative estimate of drug-likeness (QED) is 0.0853. The van der Waals surface area contributed by atoms with Crippen molar-refractivity contribution in [2.75, 3.05) is 5.32 Å². The van der Waals surface area contributed by atoms with Gasteiger partial charge in [-0.05, 0) is 122 Å². The van der Waals surface area contributed by atoms with Gasteiger partial charge in [0.1, 0.15) is 23.0 Å². The topological polar surface area (TPSA) is 108 Å². The van der Waals surface area contributed by atoms with Crippen LogP contribution in [0.4, 0.5) is 32.0 Å². The van der Waals surface area contributed by atoms with E-state index in [1.54, 1.807) is 45.0 Å². The second-order valence-electron chi connectivity index (χ2n) is 13.8. The molecule has 0 spiro atoms. The fourth-order valence-electron chi connectivity index (χ4n) is 5.88. The van der Waals surface area contributed by atoms with Gasteiger partial charge in [0.15, 0.2) is 0 Å². The molecule has 2 amide bonds. The van der Waals surface area contributed by atoms with Gasteiger partial charge in [0.05, 0.1) is 5.69 Å². The summed E-state index contributed by atoms with van der Waals surface area (Å²) in [7, 11) is 0. The van der Waals surface area contributed by atoms with Crippen LogP contribution in [0.25, 0.3) is 0 Å². The molecule has 0 aliphatic heterocycles. The SMILES string of the molecule is CCC(C)(C)NC(=O)c1ccc(Oc2ccc(C(=O)Nc3cc(C(c4ccc(O)c(C(C)(CC)CC)c4)(C(F)(F)F)C(F)(F)F)ccc3O)cc2)cc1. The van der Waals surface area contributed by atoms with Gasteiger partial charge in [-0.2, -0.15) is 26.3 Å². The first-order valence-electron chi connectivity index (χ1n) is 16.9. The number of ether oxygens (including phenoxy) is 1. The highest BCUT2D eigenvalue weighted by Gasteiger charge is 2.72. The normalized spacial score (nSPS) is 12.7. The van der Waals surface area contributed by atoms with Crippen molar-refractivity contribution >= 4 is 17.5 Å². The molecule has 0 aromatic heterocycles. The summed E-state index contributed by atoms with van der Waals surface area (Å²) >= 11 is 0. The molecule has 0 heterocycles. The maximum Gasteiger partial charge on any atom is 0.411 e. The van der Waals surface area contributed by atoms with E-state index < -0.39 is 57.4 Å². The number of phenols is 2. The lowest BCUT2D eigenvalue weighted by Crippen LogP contribution is -2.55. The maximum atomic E-state index is 15.1. The number of aromatic hydroxyl groups is 2. The Morgan fingerprint density at radius 2 is 1.08 bits per heavy atom. The van der Waals surface area contributed by atoms with Crippen LogP contribution in [-0.2, 0) is 10.8 Å². The van der Waals surface area contributed by atoms with Crippen LogP contribution in [0.3, 0.4) is 0 Å². The Labute approximate surface area is 304 Å². The first-order valence-corrected chi connectivity index (χ1v) is 16.9. The number of alkyl halides is 6. The van der Waals surface area contributed by atoms with E-state index in [0.29, 0.717) is 48.4 Å². The Balaban J connectivity index is 1.64. The zero-order chi connectivity index (χ0) is 39.6.